The number of carbonyl (C=O) groups excluding carboxylic acids is 1. The summed E-state index contributed by atoms with van der Waals surface area (Å²) in [5.74, 6) is 3.45. The maximum atomic E-state index is 12.1. The van der Waals surface area contributed by atoms with Gasteiger partial charge in [0.15, 0.2) is 0 Å². The molecular formula is C16H23NO3. The lowest BCUT2D eigenvalue weighted by molar-refractivity contribution is -0.134. The highest BCUT2D eigenvalue weighted by Crippen LogP contribution is 2.47. The lowest BCUT2D eigenvalue weighted by Gasteiger charge is -2.30. The van der Waals surface area contributed by atoms with Gasteiger partial charge in [-0.05, 0) is 37.3 Å². The molecule has 1 aliphatic heterocycles. The molecule has 2 aliphatic rings. The molecule has 3 rings (SSSR count). The number of aryl methyl sites for hydroxylation is 1. The van der Waals surface area contributed by atoms with Crippen LogP contribution in [0.2, 0.25) is 0 Å². The summed E-state index contributed by atoms with van der Waals surface area (Å²) in [5, 5.41) is 9.60. The van der Waals surface area contributed by atoms with Crippen molar-refractivity contribution in [3.8, 4) is 0 Å². The summed E-state index contributed by atoms with van der Waals surface area (Å²) >= 11 is 0. The average Bonchev–Trinajstić information content (AvgIpc) is 2.99. The molecule has 4 heteroatoms. The van der Waals surface area contributed by atoms with E-state index in [1.54, 1.807) is 4.90 Å². The lowest BCUT2D eigenvalue weighted by atomic mass is 10.1. The maximum Gasteiger partial charge on any atom is 0.223 e. The molecule has 1 aromatic heterocycles. The summed E-state index contributed by atoms with van der Waals surface area (Å²) in [6.07, 6.45) is 3.71. The Kier molecular flexibility index (Phi) is 3.83. The largest absolute Gasteiger partial charge is 0.466 e. The standard InChI is InChI=1S/C16H23NO3/c1-11-9-14(11)15-6-4-13(20-15)5-7-16(19)17-8-2-3-12(18)10-17/h4,6,11-12,14,18H,2-3,5,7-10H2,1H3/t11-,12+,14+/m1/s1. The third-order valence-electron chi connectivity index (χ3n) is 4.49. The molecule has 1 saturated carbocycles. The molecule has 1 aromatic rings. The minimum Gasteiger partial charge on any atom is -0.466 e. The van der Waals surface area contributed by atoms with Crippen molar-refractivity contribution in [1.29, 1.82) is 0 Å². The van der Waals surface area contributed by atoms with Gasteiger partial charge in [-0.15, -0.1) is 0 Å². The van der Waals surface area contributed by atoms with Crippen molar-refractivity contribution in [1.82, 2.24) is 4.90 Å². The summed E-state index contributed by atoms with van der Waals surface area (Å²) in [7, 11) is 0. The Balaban J connectivity index is 1.48. The highest BCUT2D eigenvalue weighted by atomic mass is 16.3. The fourth-order valence-corrected chi connectivity index (χ4v) is 3.02. The zero-order valence-corrected chi connectivity index (χ0v) is 12.0. The van der Waals surface area contributed by atoms with E-state index in [0.29, 0.717) is 25.3 Å². The van der Waals surface area contributed by atoms with Crippen LogP contribution in [0.5, 0.6) is 0 Å². The first-order valence-corrected chi connectivity index (χ1v) is 7.68. The molecule has 2 heterocycles. The van der Waals surface area contributed by atoms with Crippen LogP contribution in [0.4, 0.5) is 0 Å². The number of aliphatic hydroxyl groups is 1. The number of carbonyl (C=O) groups is 1. The van der Waals surface area contributed by atoms with Crippen molar-refractivity contribution < 1.29 is 14.3 Å². The SMILES string of the molecule is C[C@@H]1C[C@@H]1c1ccc(CCC(=O)N2CCC[C@H](O)C2)o1. The van der Waals surface area contributed by atoms with E-state index in [1.165, 1.54) is 6.42 Å². The molecule has 4 nitrogen and oxygen atoms in total. The summed E-state index contributed by atoms with van der Waals surface area (Å²) in [6.45, 7) is 3.50. The molecule has 0 radical (unpaired) electrons. The predicted octanol–water partition coefficient (Wildman–Crippen LogP) is 2.32. The van der Waals surface area contributed by atoms with Gasteiger partial charge in [-0.3, -0.25) is 4.79 Å². The first kappa shape index (κ1) is 13.7. The molecule has 0 spiro atoms. The van der Waals surface area contributed by atoms with Crippen LogP contribution in [0.1, 0.15) is 50.0 Å². The van der Waals surface area contributed by atoms with Crippen LogP contribution in [-0.4, -0.2) is 35.1 Å². The highest BCUT2D eigenvalue weighted by Gasteiger charge is 2.36. The Morgan fingerprint density at radius 3 is 3.00 bits per heavy atom. The van der Waals surface area contributed by atoms with Crippen molar-refractivity contribution in [3.63, 3.8) is 0 Å². The van der Waals surface area contributed by atoms with Crippen molar-refractivity contribution in [3.05, 3.63) is 23.7 Å². The van der Waals surface area contributed by atoms with Crippen molar-refractivity contribution >= 4 is 5.91 Å². The van der Waals surface area contributed by atoms with Crippen LogP contribution in [0.15, 0.2) is 16.5 Å². The van der Waals surface area contributed by atoms with Crippen LogP contribution in [0.25, 0.3) is 0 Å². The third-order valence-corrected chi connectivity index (χ3v) is 4.49. The number of likely N-dealkylation sites (tertiary alicyclic amines) is 1. The predicted molar refractivity (Wildman–Crippen MR) is 75.4 cm³/mol. The Bertz CT molecular complexity index is 482. The maximum absolute atomic E-state index is 12.1. The van der Waals surface area contributed by atoms with E-state index in [2.05, 4.69) is 13.0 Å². The van der Waals surface area contributed by atoms with Gasteiger partial charge in [-0.2, -0.15) is 0 Å². The van der Waals surface area contributed by atoms with Crippen LogP contribution in [0.3, 0.4) is 0 Å². The minimum atomic E-state index is -0.348. The Labute approximate surface area is 119 Å². The fraction of sp³-hybridized carbons (Fsp3) is 0.688. The van der Waals surface area contributed by atoms with E-state index >= 15 is 0 Å². The van der Waals surface area contributed by atoms with E-state index < -0.39 is 0 Å². The molecule has 0 bridgehead atoms. The van der Waals surface area contributed by atoms with Crippen molar-refractivity contribution in [2.24, 2.45) is 5.92 Å². The molecular weight excluding hydrogens is 254 g/mol. The van der Waals surface area contributed by atoms with E-state index in [4.69, 9.17) is 4.42 Å². The van der Waals surface area contributed by atoms with Gasteiger partial charge in [0.05, 0.1) is 6.10 Å². The molecule has 20 heavy (non-hydrogen) atoms. The van der Waals surface area contributed by atoms with Crippen molar-refractivity contribution in [2.45, 2.75) is 51.0 Å². The average molecular weight is 277 g/mol. The highest BCUT2D eigenvalue weighted by molar-refractivity contribution is 5.76. The van der Waals surface area contributed by atoms with Crippen LogP contribution in [-0.2, 0) is 11.2 Å². The number of rotatable bonds is 4. The zero-order valence-electron chi connectivity index (χ0n) is 12.0. The fourth-order valence-electron chi connectivity index (χ4n) is 3.02. The van der Waals surface area contributed by atoms with E-state index in [-0.39, 0.29) is 12.0 Å². The van der Waals surface area contributed by atoms with Crippen molar-refractivity contribution in [2.75, 3.05) is 13.1 Å². The molecule has 1 N–H and O–H groups in total. The van der Waals surface area contributed by atoms with E-state index in [1.807, 2.05) is 6.07 Å². The van der Waals surface area contributed by atoms with Gasteiger partial charge < -0.3 is 14.4 Å². The minimum absolute atomic E-state index is 0.126. The Morgan fingerprint density at radius 1 is 1.50 bits per heavy atom. The molecule has 1 saturated heterocycles. The molecule has 1 aliphatic carbocycles. The Morgan fingerprint density at radius 2 is 2.30 bits per heavy atom. The van der Waals surface area contributed by atoms with Gasteiger partial charge in [0, 0.05) is 31.8 Å². The molecule has 0 unspecified atom stereocenters. The molecule has 110 valence electrons. The summed E-state index contributed by atoms with van der Waals surface area (Å²) in [6, 6.07) is 4.05. The van der Waals surface area contributed by atoms with Gasteiger partial charge in [0.1, 0.15) is 11.5 Å². The second kappa shape index (κ2) is 5.60. The number of piperidine rings is 1. The van der Waals surface area contributed by atoms with Gasteiger partial charge >= 0.3 is 0 Å². The summed E-state index contributed by atoms with van der Waals surface area (Å²) in [4.78, 5) is 13.9. The topological polar surface area (TPSA) is 53.7 Å². The summed E-state index contributed by atoms with van der Waals surface area (Å²) in [5.41, 5.74) is 0. The van der Waals surface area contributed by atoms with E-state index in [9.17, 15) is 9.90 Å². The zero-order chi connectivity index (χ0) is 14.1. The lowest BCUT2D eigenvalue weighted by Crippen LogP contribution is -2.42. The smallest absolute Gasteiger partial charge is 0.223 e. The Hall–Kier alpha value is -1.29. The van der Waals surface area contributed by atoms with Crippen LogP contribution >= 0.6 is 0 Å². The first-order chi connectivity index (χ1) is 9.63. The van der Waals surface area contributed by atoms with E-state index in [0.717, 1.165) is 36.8 Å². The molecule has 0 aromatic carbocycles. The monoisotopic (exact) mass is 277 g/mol. The second-order valence-electron chi connectivity index (χ2n) is 6.26. The summed E-state index contributed by atoms with van der Waals surface area (Å²) < 4.78 is 5.82. The third kappa shape index (κ3) is 3.06. The second-order valence-corrected chi connectivity index (χ2v) is 6.26. The number of nitrogens with zero attached hydrogens (tertiary/aromatic N) is 1. The van der Waals surface area contributed by atoms with Gasteiger partial charge in [-0.1, -0.05) is 6.92 Å². The van der Waals surface area contributed by atoms with Gasteiger partial charge in [0.2, 0.25) is 5.91 Å². The van der Waals surface area contributed by atoms with Gasteiger partial charge in [-0.25, -0.2) is 0 Å². The number of β-amino-alcohol motifs (C(OH)–C–C–N with tert-alkyl or cyclic N) is 1. The normalized spacial score (nSPS) is 29.5. The molecule has 1 amide bonds. The first-order valence-electron chi connectivity index (χ1n) is 7.68. The van der Waals surface area contributed by atoms with Gasteiger partial charge in [0.25, 0.3) is 0 Å². The van der Waals surface area contributed by atoms with Crippen LogP contribution < -0.4 is 0 Å². The number of aliphatic hydroxyl groups excluding tert-OH is 1. The number of hydrogen-bond donors (Lipinski definition) is 1. The number of hydrogen-bond acceptors (Lipinski definition) is 3. The quantitative estimate of drug-likeness (QED) is 0.919. The number of furan rings is 1. The number of amides is 1. The van der Waals surface area contributed by atoms with Crippen LogP contribution in [0, 0.1) is 5.92 Å². The molecule has 3 atom stereocenters. The molecule has 2 fully saturated rings.